The molecule has 100 valence electrons. The SMILES string of the molecule is Nc1cn(-c2ccc(C(=O)O)cc2)c2ccc(F)cc12. The first-order valence-corrected chi connectivity index (χ1v) is 5.96. The minimum Gasteiger partial charge on any atom is -0.478 e. The van der Waals surface area contributed by atoms with E-state index in [2.05, 4.69) is 0 Å². The third-order valence-corrected chi connectivity index (χ3v) is 3.19. The number of rotatable bonds is 2. The Morgan fingerprint density at radius 2 is 1.85 bits per heavy atom. The van der Waals surface area contributed by atoms with E-state index in [-0.39, 0.29) is 11.4 Å². The number of aromatic nitrogens is 1. The maximum Gasteiger partial charge on any atom is 0.335 e. The summed E-state index contributed by atoms with van der Waals surface area (Å²) in [6, 6.07) is 10.8. The highest BCUT2D eigenvalue weighted by molar-refractivity contribution is 5.93. The van der Waals surface area contributed by atoms with E-state index in [9.17, 15) is 9.18 Å². The Bertz CT molecular complexity index is 807. The van der Waals surface area contributed by atoms with Gasteiger partial charge in [0.25, 0.3) is 0 Å². The van der Waals surface area contributed by atoms with Crippen LogP contribution in [0.25, 0.3) is 16.6 Å². The Hall–Kier alpha value is -2.82. The van der Waals surface area contributed by atoms with Gasteiger partial charge in [0, 0.05) is 17.3 Å². The number of carboxylic acid groups (broad SMARTS) is 1. The molecule has 1 heterocycles. The summed E-state index contributed by atoms with van der Waals surface area (Å²) < 4.78 is 15.0. The van der Waals surface area contributed by atoms with Crippen LogP contribution in [-0.2, 0) is 0 Å². The molecule has 20 heavy (non-hydrogen) atoms. The highest BCUT2D eigenvalue weighted by Crippen LogP contribution is 2.27. The van der Waals surface area contributed by atoms with Gasteiger partial charge < -0.3 is 15.4 Å². The second-order valence-corrected chi connectivity index (χ2v) is 4.47. The summed E-state index contributed by atoms with van der Waals surface area (Å²) in [6.07, 6.45) is 1.69. The van der Waals surface area contributed by atoms with E-state index in [1.807, 2.05) is 0 Å². The van der Waals surface area contributed by atoms with E-state index in [0.717, 1.165) is 11.2 Å². The summed E-state index contributed by atoms with van der Waals surface area (Å²) in [5, 5.41) is 9.52. The normalized spacial score (nSPS) is 10.8. The Balaban J connectivity index is 2.17. The Kier molecular flexibility index (Phi) is 2.68. The molecule has 5 heteroatoms. The van der Waals surface area contributed by atoms with Gasteiger partial charge in [-0.2, -0.15) is 0 Å². The van der Waals surface area contributed by atoms with Crippen molar-refractivity contribution in [2.45, 2.75) is 0 Å². The molecule has 3 rings (SSSR count). The van der Waals surface area contributed by atoms with E-state index >= 15 is 0 Å². The molecule has 0 atom stereocenters. The summed E-state index contributed by atoms with van der Waals surface area (Å²) in [6.45, 7) is 0. The number of hydrogen-bond acceptors (Lipinski definition) is 2. The van der Waals surface area contributed by atoms with Crippen LogP contribution in [0.15, 0.2) is 48.7 Å². The number of aromatic carboxylic acids is 1. The number of hydrogen-bond donors (Lipinski definition) is 2. The first-order valence-electron chi connectivity index (χ1n) is 5.96. The van der Waals surface area contributed by atoms with Crippen molar-refractivity contribution in [2.24, 2.45) is 0 Å². The summed E-state index contributed by atoms with van der Waals surface area (Å²) in [5.41, 5.74) is 8.10. The van der Waals surface area contributed by atoms with Crippen LogP contribution >= 0.6 is 0 Å². The van der Waals surface area contributed by atoms with E-state index in [4.69, 9.17) is 10.8 Å². The molecule has 1 aromatic heterocycles. The molecule has 0 radical (unpaired) electrons. The quantitative estimate of drug-likeness (QED) is 0.752. The lowest BCUT2D eigenvalue weighted by Gasteiger charge is -2.05. The first kappa shape index (κ1) is 12.2. The van der Waals surface area contributed by atoms with Crippen LogP contribution in [0.1, 0.15) is 10.4 Å². The van der Waals surface area contributed by atoms with Gasteiger partial charge in [-0.1, -0.05) is 0 Å². The molecule has 0 aliphatic carbocycles. The van der Waals surface area contributed by atoms with E-state index in [0.29, 0.717) is 11.1 Å². The predicted octanol–water partition coefficient (Wildman–Crippen LogP) is 3.05. The molecule has 0 bridgehead atoms. The first-order chi connectivity index (χ1) is 9.56. The summed E-state index contributed by atoms with van der Waals surface area (Å²) >= 11 is 0. The molecular weight excluding hydrogens is 259 g/mol. The third-order valence-electron chi connectivity index (χ3n) is 3.19. The van der Waals surface area contributed by atoms with Crippen molar-refractivity contribution in [1.29, 1.82) is 0 Å². The van der Waals surface area contributed by atoms with Crippen LogP contribution in [0.2, 0.25) is 0 Å². The molecule has 0 saturated heterocycles. The molecule has 0 fully saturated rings. The van der Waals surface area contributed by atoms with Gasteiger partial charge in [0.2, 0.25) is 0 Å². The van der Waals surface area contributed by atoms with Crippen molar-refractivity contribution in [1.82, 2.24) is 4.57 Å². The lowest BCUT2D eigenvalue weighted by Crippen LogP contribution is -1.97. The fraction of sp³-hybridized carbons (Fsp3) is 0. The number of halogens is 1. The van der Waals surface area contributed by atoms with Crippen molar-refractivity contribution < 1.29 is 14.3 Å². The average Bonchev–Trinajstić information content (AvgIpc) is 2.76. The zero-order valence-corrected chi connectivity index (χ0v) is 10.4. The van der Waals surface area contributed by atoms with Crippen molar-refractivity contribution in [3.8, 4) is 5.69 Å². The number of nitrogens with two attached hydrogens (primary N) is 1. The summed E-state index contributed by atoms with van der Waals surface area (Å²) in [7, 11) is 0. The lowest BCUT2D eigenvalue weighted by molar-refractivity contribution is 0.0697. The molecule has 2 aromatic carbocycles. The van der Waals surface area contributed by atoms with Gasteiger partial charge >= 0.3 is 5.97 Å². The zero-order chi connectivity index (χ0) is 14.3. The molecule has 3 N–H and O–H groups in total. The molecule has 4 nitrogen and oxygen atoms in total. The van der Waals surface area contributed by atoms with E-state index in [1.165, 1.54) is 24.3 Å². The van der Waals surface area contributed by atoms with Crippen LogP contribution in [0.4, 0.5) is 10.1 Å². The van der Waals surface area contributed by atoms with Crippen molar-refractivity contribution in [2.75, 3.05) is 5.73 Å². The molecule has 0 aliphatic rings. The molecule has 0 spiro atoms. The second-order valence-electron chi connectivity index (χ2n) is 4.47. The van der Waals surface area contributed by atoms with Gasteiger partial charge in [0.15, 0.2) is 0 Å². The largest absolute Gasteiger partial charge is 0.478 e. The fourth-order valence-electron chi connectivity index (χ4n) is 2.21. The number of carboxylic acids is 1. The number of nitrogens with zero attached hydrogens (tertiary/aromatic N) is 1. The van der Waals surface area contributed by atoms with Crippen molar-refractivity contribution in [3.63, 3.8) is 0 Å². The Labute approximate surface area is 113 Å². The monoisotopic (exact) mass is 270 g/mol. The number of nitrogen functional groups attached to an aromatic ring is 1. The van der Waals surface area contributed by atoms with Crippen molar-refractivity contribution >= 4 is 22.6 Å². The van der Waals surface area contributed by atoms with Gasteiger partial charge in [-0.25, -0.2) is 9.18 Å². The number of benzene rings is 2. The highest BCUT2D eigenvalue weighted by atomic mass is 19.1. The van der Waals surface area contributed by atoms with Gasteiger partial charge in [0.05, 0.1) is 16.8 Å². The third kappa shape index (κ3) is 1.89. The number of carbonyl (C=O) groups is 1. The molecule has 0 saturated carbocycles. The van der Waals surface area contributed by atoms with Gasteiger partial charge in [-0.05, 0) is 42.5 Å². The van der Waals surface area contributed by atoms with Gasteiger partial charge in [-0.3, -0.25) is 0 Å². The minimum atomic E-state index is -0.976. The fourth-order valence-corrected chi connectivity index (χ4v) is 2.21. The maximum atomic E-state index is 13.2. The Morgan fingerprint density at radius 3 is 2.50 bits per heavy atom. The van der Waals surface area contributed by atoms with Crippen LogP contribution in [0.3, 0.4) is 0 Å². The van der Waals surface area contributed by atoms with Crippen LogP contribution in [0, 0.1) is 5.82 Å². The van der Waals surface area contributed by atoms with Crippen LogP contribution in [0.5, 0.6) is 0 Å². The van der Waals surface area contributed by atoms with E-state index in [1.54, 1.807) is 29.0 Å². The molecule has 3 aromatic rings. The Morgan fingerprint density at radius 1 is 1.15 bits per heavy atom. The number of anilines is 1. The van der Waals surface area contributed by atoms with Crippen LogP contribution in [-0.4, -0.2) is 15.6 Å². The molecular formula is C15H11FN2O2. The molecule has 0 aliphatic heterocycles. The topological polar surface area (TPSA) is 68.2 Å². The van der Waals surface area contributed by atoms with Gasteiger partial charge in [-0.15, -0.1) is 0 Å². The molecule has 0 amide bonds. The van der Waals surface area contributed by atoms with Gasteiger partial charge in [0.1, 0.15) is 5.82 Å². The second kappa shape index (κ2) is 4.38. The maximum absolute atomic E-state index is 13.2. The lowest BCUT2D eigenvalue weighted by atomic mass is 10.2. The predicted molar refractivity (Wildman–Crippen MR) is 74.6 cm³/mol. The number of fused-ring (bicyclic) bond motifs is 1. The smallest absolute Gasteiger partial charge is 0.335 e. The van der Waals surface area contributed by atoms with Crippen LogP contribution < -0.4 is 5.73 Å². The van der Waals surface area contributed by atoms with E-state index < -0.39 is 5.97 Å². The minimum absolute atomic E-state index is 0.212. The molecule has 0 unspecified atom stereocenters. The standard InChI is InChI=1S/C15H11FN2O2/c16-10-3-6-14-12(7-10)13(17)8-18(14)11-4-1-9(2-5-11)15(19)20/h1-8H,17H2,(H,19,20). The highest BCUT2D eigenvalue weighted by Gasteiger charge is 2.09. The summed E-state index contributed by atoms with van der Waals surface area (Å²) in [4.78, 5) is 10.8. The van der Waals surface area contributed by atoms with Crippen molar-refractivity contribution in [3.05, 3.63) is 60.0 Å². The average molecular weight is 270 g/mol. The zero-order valence-electron chi connectivity index (χ0n) is 10.4. The summed E-state index contributed by atoms with van der Waals surface area (Å²) in [5.74, 6) is -1.32.